The first-order valence-electron chi connectivity index (χ1n) is 6.75. The Morgan fingerprint density at radius 2 is 1.95 bits per heavy atom. The van der Waals surface area contributed by atoms with Crippen LogP contribution in [-0.4, -0.2) is 15.3 Å². The summed E-state index contributed by atoms with van der Waals surface area (Å²) in [6.07, 6.45) is 1.74. The van der Waals surface area contributed by atoms with Gasteiger partial charge in [-0.1, -0.05) is 28.1 Å². The molecule has 0 amide bonds. The second kappa shape index (κ2) is 5.45. The van der Waals surface area contributed by atoms with Crippen LogP contribution in [0.25, 0.3) is 11.0 Å². The van der Waals surface area contributed by atoms with Crippen LogP contribution in [0.5, 0.6) is 0 Å². The fourth-order valence-corrected chi connectivity index (χ4v) is 2.75. The van der Waals surface area contributed by atoms with Crippen molar-refractivity contribution in [1.29, 1.82) is 0 Å². The summed E-state index contributed by atoms with van der Waals surface area (Å²) in [5.41, 5.74) is 5.06. The van der Waals surface area contributed by atoms with E-state index in [1.165, 1.54) is 11.1 Å². The first kappa shape index (κ1) is 14.0. The highest BCUT2D eigenvalue weighted by Crippen LogP contribution is 2.19. The molecule has 2 aromatic carbocycles. The van der Waals surface area contributed by atoms with Crippen LogP contribution in [0.4, 0.5) is 0 Å². The number of benzene rings is 2. The Kier molecular flexibility index (Phi) is 3.64. The molecule has 0 aliphatic heterocycles. The van der Waals surface area contributed by atoms with Gasteiger partial charge in [0.05, 0.1) is 23.9 Å². The molecule has 0 unspecified atom stereocenters. The third-order valence-corrected chi connectivity index (χ3v) is 4.19. The van der Waals surface area contributed by atoms with Crippen LogP contribution < -0.4 is 0 Å². The largest absolute Gasteiger partial charge is 0.323 e. The van der Waals surface area contributed by atoms with Gasteiger partial charge in [0.15, 0.2) is 5.78 Å². The first-order valence-corrected chi connectivity index (χ1v) is 7.55. The zero-order valence-corrected chi connectivity index (χ0v) is 13.5. The molecule has 3 aromatic rings. The van der Waals surface area contributed by atoms with Gasteiger partial charge in [-0.05, 0) is 49.2 Å². The Hall–Kier alpha value is -1.94. The summed E-state index contributed by atoms with van der Waals surface area (Å²) in [7, 11) is 0. The number of Topliss-reactive ketones (excluding diaryl/α,β-unsaturated/α-hetero) is 1. The van der Waals surface area contributed by atoms with Crippen molar-refractivity contribution in [3.05, 3.63) is 63.9 Å². The summed E-state index contributed by atoms with van der Waals surface area (Å²) in [6.45, 7) is 4.44. The van der Waals surface area contributed by atoms with E-state index in [0.29, 0.717) is 12.1 Å². The molecule has 0 radical (unpaired) electrons. The normalized spacial score (nSPS) is 11.0. The van der Waals surface area contributed by atoms with Crippen molar-refractivity contribution in [3.8, 4) is 0 Å². The monoisotopic (exact) mass is 342 g/mol. The van der Waals surface area contributed by atoms with Crippen LogP contribution in [0.15, 0.2) is 47.2 Å². The molecule has 1 heterocycles. The lowest BCUT2D eigenvalue weighted by molar-refractivity contribution is 0.0973. The van der Waals surface area contributed by atoms with Gasteiger partial charge in [0, 0.05) is 10.0 Å². The molecular weight excluding hydrogens is 328 g/mol. The fourth-order valence-electron chi connectivity index (χ4n) is 2.35. The van der Waals surface area contributed by atoms with Crippen molar-refractivity contribution >= 4 is 32.7 Å². The Morgan fingerprint density at radius 1 is 1.19 bits per heavy atom. The number of imidazole rings is 1. The topological polar surface area (TPSA) is 34.9 Å². The van der Waals surface area contributed by atoms with Gasteiger partial charge < -0.3 is 4.57 Å². The van der Waals surface area contributed by atoms with Gasteiger partial charge in [0.1, 0.15) is 0 Å². The highest BCUT2D eigenvalue weighted by Gasteiger charge is 2.10. The summed E-state index contributed by atoms with van der Waals surface area (Å²) >= 11 is 3.39. The van der Waals surface area contributed by atoms with Gasteiger partial charge in [0.2, 0.25) is 0 Å². The zero-order chi connectivity index (χ0) is 15.0. The quantitative estimate of drug-likeness (QED) is 0.665. The molecule has 0 aliphatic carbocycles. The van der Waals surface area contributed by atoms with E-state index in [1.807, 2.05) is 28.8 Å². The van der Waals surface area contributed by atoms with Gasteiger partial charge in [0.25, 0.3) is 0 Å². The minimum atomic E-state index is 0.0776. The maximum atomic E-state index is 12.4. The van der Waals surface area contributed by atoms with Gasteiger partial charge >= 0.3 is 0 Å². The summed E-state index contributed by atoms with van der Waals surface area (Å²) in [5.74, 6) is 0.0776. The lowest BCUT2D eigenvalue weighted by Gasteiger charge is -2.06. The highest BCUT2D eigenvalue weighted by molar-refractivity contribution is 9.10. The number of halogens is 1. The Labute approximate surface area is 131 Å². The van der Waals surface area contributed by atoms with Gasteiger partial charge in [-0.15, -0.1) is 0 Å². The third-order valence-electron chi connectivity index (χ3n) is 3.70. The zero-order valence-electron chi connectivity index (χ0n) is 11.9. The van der Waals surface area contributed by atoms with E-state index >= 15 is 0 Å². The summed E-state index contributed by atoms with van der Waals surface area (Å²) in [6, 6.07) is 11.6. The van der Waals surface area contributed by atoms with Crippen LogP contribution >= 0.6 is 15.9 Å². The van der Waals surface area contributed by atoms with Crippen LogP contribution in [0.3, 0.4) is 0 Å². The number of rotatable bonds is 3. The van der Waals surface area contributed by atoms with Gasteiger partial charge in [-0.2, -0.15) is 0 Å². The molecule has 4 heteroatoms. The molecule has 0 aliphatic rings. The van der Waals surface area contributed by atoms with E-state index < -0.39 is 0 Å². The van der Waals surface area contributed by atoms with Crippen LogP contribution in [-0.2, 0) is 6.54 Å². The molecule has 106 valence electrons. The molecule has 1 aromatic heterocycles. The third kappa shape index (κ3) is 2.76. The van der Waals surface area contributed by atoms with Crippen molar-refractivity contribution in [2.45, 2.75) is 20.4 Å². The molecule has 3 rings (SSSR count). The number of fused-ring (bicyclic) bond motifs is 1. The fraction of sp³-hybridized carbons (Fsp3) is 0.176. The van der Waals surface area contributed by atoms with E-state index in [1.54, 1.807) is 6.33 Å². The molecule has 0 spiro atoms. The average molecular weight is 343 g/mol. The Bertz CT molecular complexity index is 836. The van der Waals surface area contributed by atoms with Crippen LogP contribution in [0, 0.1) is 13.8 Å². The Balaban J connectivity index is 1.95. The van der Waals surface area contributed by atoms with Crippen molar-refractivity contribution < 1.29 is 4.79 Å². The number of hydrogen-bond acceptors (Lipinski definition) is 2. The van der Waals surface area contributed by atoms with E-state index in [-0.39, 0.29) is 5.78 Å². The average Bonchev–Trinajstić information content (AvgIpc) is 2.82. The van der Waals surface area contributed by atoms with Crippen LogP contribution in [0.1, 0.15) is 21.5 Å². The minimum absolute atomic E-state index is 0.0776. The molecule has 21 heavy (non-hydrogen) atoms. The lowest BCUT2D eigenvalue weighted by Crippen LogP contribution is -2.09. The van der Waals surface area contributed by atoms with Crippen LogP contribution in [0.2, 0.25) is 0 Å². The SMILES string of the molecule is Cc1cc2ncn(CC(=O)c3cccc(Br)c3)c2cc1C. The van der Waals surface area contributed by atoms with E-state index in [2.05, 4.69) is 46.9 Å². The predicted molar refractivity (Wildman–Crippen MR) is 87.7 cm³/mol. The molecule has 0 saturated carbocycles. The summed E-state index contributed by atoms with van der Waals surface area (Å²) in [4.78, 5) is 16.8. The number of ketones is 1. The molecule has 0 fully saturated rings. The summed E-state index contributed by atoms with van der Waals surface area (Å²) in [5, 5.41) is 0. The minimum Gasteiger partial charge on any atom is -0.323 e. The van der Waals surface area contributed by atoms with Crippen molar-refractivity contribution in [1.82, 2.24) is 9.55 Å². The molecule has 0 N–H and O–H groups in total. The predicted octanol–water partition coefficient (Wildman–Crippen LogP) is 4.30. The summed E-state index contributed by atoms with van der Waals surface area (Å²) < 4.78 is 2.82. The molecular formula is C17H15BrN2O. The number of aryl methyl sites for hydroxylation is 2. The number of carbonyl (C=O) groups is 1. The number of nitrogens with zero attached hydrogens (tertiary/aromatic N) is 2. The second-order valence-electron chi connectivity index (χ2n) is 5.23. The smallest absolute Gasteiger partial charge is 0.182 e. The van der Waals surface area contributed by atoms with Gasteiger partial charge in [-0.3, -0.25) is 4.79 Å². The van der Waals surface area contributed by atoms with Crippen molar-refractivity contribution in [2.24, 2.45) is 0 Å². The molecule has 0 saturated heterocycles. The second-order valence-corrected chi connectivity index (χ2v) is 6.15. The maximum absolute atomic E-state index is 12.4. The standard InChI is InChI=1S/C17H15BrN2O/c1-11-6-15-16(7-12(11)2)20(10-19-15)9-17(21)13-4-3-5-14(18)8-13/h3-8,10H,9H2,1-2H3. The maximum Gasteiger partial charge on any atom is 0.182 e. The highest BCUT2D eigenvalue weighted by atomic mass is 79.9. The van der Waals surface area contributed by atoms with E-state index in [4.69, 9.17) is 0 Å². The number of hydrogen-bond donors (Lipinski definition) is 0. The van der Waals surface area contributed by atoms with Gasteiger partial charge in [-0.25, -0.2) is 4.98 Å². The van der Waals surface area contributed by atoms with Crippen molar-refractivity contribution in [2.75, 3.05) is 0 Å². The Morgan fingerprint density at radius 3 is 2.71 bits per heavy atom. The molecule has 3 nitrogen and oxygen atoms in total. The lowest BCUT2D eigenvalue weighted by atomic mass is 10.1. The van der Waals surface area contributed by atoms with E-state index in [0.717, 1.165) is 15.5 Å². The number of aromatic nitrogens is 2. The molecule has 0 bridgehead atoms. The van der Waals surface area contributed by atoms with Crippen molar-refractivity contribution in [3.63, 3.8) is 0 Å². The first-order chi connectivity index (χ1) is 10.0. The molecule has 0 atom stereocenters. The van der Waals surface area contributed by atoms with E-state index in [9.17, 15) is 4.79 Å². The number of carbonyl (C=O) groups excluding carboxylic acids is 1.